The average molecular weight is 316 g/mol. The van der Waals surface area contributed by atoms with Gasteiger partial charge in [-0.15, -0.1) is 0 Å². The van der Waals surface area contributed by atoms with Gasteiger partial charge in [-0.05, 0) is 25.0 Å². The lowest BCUT2D eigenvalue weighted by atomic mass is 10.0. The summed E-state index contributed by atoms with van der Waals surface area (Å²) in [5.41, 5.74) is 2.66. The van der Waals surface area contributed by atoms with Crippen molar-refractivity contribution in [3.8, 4) is 0 Å². The van der Waals surface area contributed by atoms with Crippen molar-refractivity contribution in [2.75, 3.05) is 37.0 Å². The van der Waals surface area contributed by atoms with Crippen LogP contribution in [0.15, 0.2) is 22.9 Å². The highest BCUT2D eigenvalue weighted by Gasteiger charge is 2.24. The Hall–Kier alpha value is -2.57. The summed E-state index contributed by atoms with van der Waals surface area (Å²) in [7, 11) is 3.96. The van der Waals surface area contributed by atoms with Crippen LogP contribution in [0.3, 0.4) is 0 Å². The number of carbonyl (C=O) groups excluding carboxylic acids is 1. The van der Waals surface area contributed by atoms with Crippen LogP contribution in [-0.4, -0.2) is 43.2 Å². The molecule has 0 radical (unpaired) electrons. The monoisotopic (exact) mass is 316 g/mol. The van der Waals surface area contributed by atoms with Crippen molar-refractivity contribution in [3.05, 3.63) is 35.3 Å². The molecule has 7 heteroatoms. The highest BCUT2D eigenvalue weighted by molar-refractivity contribution is 5.87. The molecule has 2 aromatic rings. The van der Waals surface area contributed by atoms with Crippen molar-refractivity contribution in [2.45, 2.75) is 19.9 Å². The number of nitrogens with zero attached hydrogens (tertiary/aromatic N) is 4. The lowest BCUT2D eigenvalue weighted by Gasteiger charge is -2.30. The molecule has 23 heavy (non-hydrogen) atoms. The first-order chi connectivity index (χ1) is 11.1. The fourth-order valence-corrected chi connectivity index (χ4v) is 2.71. The van der Waals surface area contributed by atoms with Gasteiger partial charge >= 0.3 is 5.97 Å². The molecule has 0 fully saturated rings. The lowest BCUT2D eigenvalue weighted by molar-refractivity contribution is 0.0519. The summed E-state index contributed by atoms with van der Waals surface area (Å²) >= 11 is 0. The van der Waals surface area contributed by atoms with Gasteiger partial charge in [0.25, 0.3) is 6.01 Å². The van der Waals surface area contributed by atoms with E-state index in [4.69, 9.17) is 9.15 Å². The van der Waals surface area contributed by atoms with E-state index in [1.807, 2.05) is 30.1 Å². The molecule has 0 saturated heterocycles. The normalized spacial score (nSPS) is 13.6. The molecule has 0 atom stereocenters. The minimum Gasteiger partial charge on any atom is -0.461 e. The molecule has 3 heterocycles. The number of carbonyl (C=O) groups is 1. The van der Waals surface area contributed by atoms with Crippen molar-refractivity contribution < 1.29 is 13.9 Å². The van der Waals surface area contributed by atoms with Crippen molar-refractivity contribution in [2.24, 2.45) is 0 Å². The molecule has 0 saturated carbocycles. The van der Waals surface area contributed by atoms with Crippen LogP contribution in [0.1, 0.15) is 28.5 Å². The Morgan fingerprint density at radius 2 is 2.30 bits per heavy atom. The Bertz CT molecular complexity index is 711. The fourth-order valence-electron chi connectivity index (χ4n) is 2.71. The SMILES string of the molecule is CCOC(=O)c1coc(N2CCc3ccnc(N(C)C)c3C2)n1. The van der Waals surface area contributed by atoms with E-state index >= 15 is 0 Å². The minimum atomic E-state index is -0.462. The summed E-state index contributed by atoms with van der Waals surface area (Å²) in [5.74, 6) is 0.486. The molecule has 0 amide bonds. The van der Waals surface area contributed by atoms with Crippen LogP contribution in [0.4, 0.5) is 11.8 Å². The van der Waals surface area contributed by atoms with Crippen molar-refractivity contribution in [1.82, 2.24) is 9.97 Å². The number of oxazole rings is 1. The zero-order valence-corrected chi connectivity index (χ0v) is 13.6. The van der Waals surface area contributed by atoms with Crippen LogP contribution in [0.5, 0.6) is 0 Å². The molecule has 3 rings (SSSR count). The Labute approximate surface area is 134 Å². The summed E-state index contributed by atoms with van der Waals surface area (Å²) in [6, 6.07) is 2.49. The van der Waals surface area contributed by atoms with Crippen LogP contribution >= 0.6 is 0 Å². The number of hydrogen-bond acceptors (Lipinski definition) is 7. The lowest BCUT2D eigenvalue weighted by Crippen LogP contribution is -2.32. The smallest absolute Gasteiger partial charge is 0.360 e. The number of ether oxygens (including phenoxy) is 1. The zero-order chi connectivity index (χ0) is 16.4. The number of rotatable bonds is 4. The van der Waals surface area contributed by atoms with Crippen LogP contribution in [0.25, 0.3) is 0 Å². The number of aromatic nitrogens is 2. The Morgan fingerprint density at radius 1 is 1.48 bits per heavy atom. The van der Waals surface area contributed by atoms with Gasteiger partial charge in [0.2, 0.25) is 0 Å². The molecule has 1 aliphatic heterocycles. The van der Waals surface area contributed by atoms with Crippen molar-refractivity contribution >= 4 is 17.8 Å². The van der Waals surface area contributed by atoms with E-state index in [1.54, 1.807) is 6.92 Å². The van der Waals surface area contributed by atoms with E-state index in [0.717, 1.165) is 18.8 Å². The van der Waals surface area contributed by atoms with Gasteiger partial charge in [-0.3, -0.25) is 0 Å². The van der Waals surface area contributed by atoms with Crippen LogP contribution in [-0.2, 0) is 17.7 Å². The van der Waals surface area contributed by atoms with Crippen molar-refractivity contribution in [1.29, 1.82) is 0 Å². The number of pyridine rings is 1. The van der Waals surface area contributed by atoms with Crippen LogP contribution in [0, 0.1) is 0 Å². The number of fused-ring (bicyclic) bond motifs is 1. The van der Waals surface area contributed by atoms with Gasteiger partial charge in [0.15, 0.2) is 5.69 Å². The number of hydrogen-bond donors (Lipinski definition) is 0. The third-order valence-corrected chi connectivity index (χ3v) is 3.80. The van der Waals surface area contributed by atoms with E-state index in [1.165, 1.54) is 17.4 Å². The van der Waals surface area contributed by atoms with Gasteiger partial charge in [0.1, 0.15) is 12.1 Å². The summed E-state index contributed by atoms with van der Waals surface area (Å²) < 4.78 is 10.4. The molecule has 0 bridgehead atoms. The molecular weight excluding hydrogens is 296 g/mol. The number of esters is 1. The summed E-state index contributed by atoms with van der Waals surface area (Å²) in [4.78, 5) is 24.4. The van der Waals surface area contributed by atoms with E-state index in [0.29, 0.717) is 19.2 Å². The summed E-state index contributed by atoms with van der Waals surface area (Å²) in [6.07, 6.45) is 4.07. The average Bonchev–Trinajstić information content (AvgIpc) is 3.04. The topological polar surface area (TPSA) is 71.7 Å². The Balaban J connectivity index is 1.83. The molecule has 7 nitrogen and oxygen atoms in total. The predicted octanol–water partition coefficient (Wildman–Crippen LogP) is 1.88. The van der Waals surface area contributed by atoms with Crippen LogP contribution in [0.2, 0.25) is 0 Å². The molecule has 122 valence electrons. The first kappa shape index (κ1) is 15.3. The summed E-state index contributed by atoms with van der Waals surface area (Å²) in [6.45, 7) is 3.51. The maximum absolute atomic E-state index is 11.7. The molecule has 2 aromatic heterocycles. The quantitative estimate of drug-likeness (QED) is 0.797. The van der Waals surface area contributed by atoms with Gasteiger partial charge in [-0.25, -0.2) is 9.78 Å². The van der Waals surface area contributed by atoms with E-state index in [-0.39, 0.29) is 5.69 Å². The summed E-state index contributed by atoms with van der Waals surface area (Å²) in [5, 5.41) is 0. The molecule has 0 unspecified atom stereocenters. The second-order valence-electron chi connectivity index (χ2n) is 5.57. The predicted molar refractivity (Wildman–Crippen MR) is 85.8 cm³/mol. The van der Waals surface area contributed by atoms with E-state index in [9.17, 15) is 4.79 Å². The first-order valence-corrected chi connectivity index (χ1v) is 7.61. The van der Waals surface area contributed by atoms with E-state index in [2.05, 4.69) is 16.0 Å². The van der Waals surface area contributed by atoms with E-state index < -0.39 is 5.97 Å². The fraction of sp³-hybridized carbons (Fsp3) is 0.438. The minimum absolute atomic E-state index is 0.201. The van der Waals surface area contributed by atoms with Gasteiger partial charge in [-0.1, -0.05) is 0 Å². The Morgan fingerprint density at radius 3 is 3.04 bits per heavy atom. The maximum atomic E-state index is 11.7. The third-order valence-electron chi connectivity index (χ3n) is 3.80. The second-order valence-corrected chi connectivity index (χ2v) is 5.57. The van der Waals surface area contributed by atoms with Crippen molar-refractivity contribution in [3.63, 3.8) is 0 Å². The van der Waals surface area contributed by atoms with Crippen LogP contribution < -0.4 is 9.80 Å². The highest BCUT2D eigenvalue weighted by Crippen LogP contribution is 2.28. The maximum Gasteiger partial charge on any atom is 0.360 e. The standard InChI is InChI=1S/C16H20N4O3/c1-4-22-15(21)13-10-23-16(18-13)20-8-6-11-5-7-17-14(19(2)3)12(11)9-20/h5,7,10H,4,6,8-9H2,1-3H3. The molecule has 0 aliphatic carbocycles. The molecule has 0 N–H and O–H groups in total. The van der Waals surface area contributed by atoms with Gasteiger partial charge in [0.05, 0.1) is 13.2 Å². The molecule has 1 aliphatic rings. The highest BCUT2D eigenvalue weighted by atomic mass is 16.5. The number of anilines is 2. The molecule has 0 aromatic carbocycles. The van der Waals surface area contributed by atoms with Gasteiger partial charge in [-0.2, -0.15) is 4.98 Å². The second kappa shape index (κ2) is 6.28. The Kier molecular flexibility index (Phi) is 4.18. The van der Waals surface area contributed by atoms with Gasteiger partial charge in [0, 0.05) is 32.4 Å². The largest absolute Gasteiger partial charge is 0.461 e. The first-order valence-electron chi connectivity index (χ1n) is 7.61. The molecular formula is C16H20N4O3. The zero-order valence-electron chi connectivity index (χ0n) is 13.6. The third kappa shape index (κ3) is 2.99. The molecule has 0 spiro atoms. The van der Waals surface area contributed by atoms with Gasteiger partial charge < -0.3 is 19.0 Å².